The van der Waals surface area contributed by atoms with Crippen LogP contribution in [0.5, 0.6) is 5.75 Å². The van der Waals surface area contributed by atoms with Crippen molar-refractivity contribution < 1.29 is 19.4 Å². The van der Waals surface area contributed by atoms with Gasteiger partial charge in [0.25, 0.3) is 0 Å². The van der Waals surface area contributed by atoms with Gasteiger partial charge in [-0.25, -0.2) is 0 Å². The minimum atomic E-state index is -0.649. The molecule has 0 aliphatic heterocycles. The average molecular weight is 238 g/mol. The van der Waals surface area contributed by atoms with Crippen molar-refractivity contribution in [3.05, 3.63) is 29.8 Å². The van der Waals surface area contributed by atoms with Crippen molar-refractivity contribution >= 4 is 5.97 Å². The van der Waals surface area contributed by atoms with E-state index in [-0.39, 0.29) is 12.4 Å². The summed E-state index contributed by atoms with van der Waals surface area (Å²) in [6.45, 7) is 0. The van der Waals surface area contributed by atoms with Gasteiger partial charge in [0.1, 0.15) is 5.75 Å². The Kier molecular flexibility index (Phi) is 5.49. The summed E-state index contributed by atoms with van der Waals surface area (Å²) in [5.41, 5.74) is 1.11. The predicted molar refractivity (Wildman–Crippen MR) is 64.0 cm³/mol. The summed E-state index contributed by atoms with van der Waals surface area (Å²) < 4.78 is 9.54. The van der Waals surface area contributed by atoms with E-state index in [0.717, 1.165) is 17.7 Å². The van der Waals surface area contributed by atoms with Crippen LogP contribution in [0.3, 0.4) is 0 Å². The van der Waals surface area contributed by atoms with Crippen LogP contribution in [0.15, 0.2) is 24.3 Å². The quantitative estimate of drug-likeness (QED) is 0.764. The van der Waals surface area contributed by atoms with E-state index in [0.29, 0.717) is 6.42 Å². The maximum absolute atomic E-state index is 10.9. The van der Waals surface area contributed by atoms with Crippen LogP contribution < -0.4 is 4.74 Å². The number of esters is 1. The van der Waals surface area contributed by atoms with Gasteiger partial charge in [-0.2, -0.15) is 0 Å². The number of benzene rings is 1. The minimum Gasteiger partial charge on any atom is -0.497 e. The Morgan fingerprint density at radius 3 is 2.47 bits per heavy atom. The number of hydrogen-bond donors (Lipinski definition) is 1. The zero-order chi connectivity index (χ0) is 12.7. The standard InChI is InChI=1S/C13H18O4/c1-16-12-7-4-10(5-8-12)3-6-11(14)9-13(15)17-2/h4-5,7-8,11,14H,3,6,9H2,1-2H3/t11-/m1/s1. The van der Waals surface area contributed by atoms with Crippen LogP contribution in [0.1, 0.15) is 18.4 Å². The SMILES string of the molecule is COC(=O)C[C@H](O)CCc1ccc(OC)cc1. The summed E-state index contributed by atoms with van der Waals surface area (Å²) in [6.07, 6.45) is 0.667. The average Bonchev–Trinajstić information content (AvgIpc) is 2.36. The number of methoxy groups -OCH3 is 2. The highest BCUT2D eigenvalue weighted by Crippen LogP contribution is 2.13. The molecule has 1 rings (SSSR count). The van der Waals surface area contributed by atoms with Gasteiger partial charge in [-0.05, 0) is 30.5 Å². The summed E-state index contributed by atoms with van der Waals surface area (Å²) in [4.78, 5) is 10.9. The summed E-state index contributed by atoms with van der Waals surface area (Å²) in [6, 6.07) is 7.65. The first-order valence-electron chi connectivity index (χ1n) is 5.53. The van der Waals surface area contributed by atoms with Crippen molar-refractivity contribution in [1.29, 1.82) is 0 Å². The van der Waals surface area contributed by atoms with E-state index in [9.17, 15) is 9.90 Å². The fraction of sp³-hybridized carbons (Fsp3) is 0.462. The Labute approximate surface area is 101 Å². The summed E-state index contributed by atoms with van der Waals surface area (Å²) in [7, 11) is 2.94. The molecule has 94 valence electrons. The first-order chi connectivity index (χ1) is 8.15. The molecule has 17 heavy (non-hydrogen) atoms. The summed E-state index contributed by atoms with van der Waals surface area (Å²) >= 11 is 0. The maximum Gasteiger partial charge on any atom is 0.308 e. The molecular formula is C13H18O4. The molecule has 0 aliphatic rings. The third kappa shape index (κ3) is 4.87. The van der Waals surface area contributed by atoms with Crippen molar-refractivity contribution in [3.63, 3.8) is 0 Å². The second kappa shape index (κ2) is 6.91. The van der Waals surface area contributed by atoms with Gasteiger partial charge in [0.2, 0.25) is 0 Å². The maximum atomic E-state index is 10.9. The topological polar surface area (TPSA) is 55.8 Å². The molecule has 0 aliphatic carbocycles. The normalized spacial score (nSPS) is 11.9. The third-order valence-corrected chi connectivity index (χ3v) is 2.56. The predicted octanol–water partition coefficient (Wildman–Crippen LogP) is 1.55. The van der Waals surface area contributed by atoms with Gasteiger partial charge < -0.3 is 14.6 Å². The van der Waals surface area contributed by atoms with Crippen molar-refractivity contribution in [2.24, 2.45) is 0 Å². The van der Waals surface area contributed by atoms with Crippen LogP contribution in [0.2, 0.25) is 0 Å². The molecule has 0 spiro atoms. The number of rotatable bonds is 6. The van der Waals surface area contributed by atoms with Gasteiger partial charge in [0.15, 0.2) is 0 Å². The number of carbonyl (C=O) groups excluding carboxylic acids is 1. The molecule has 0 radical (unpaired) electrons. The molecule has 0 fully saturated rings. The zero-order valence-electron chi connectivity index (χ0n) is 10.2. The van der Waals surface area contributed by atoms with Gasteiger partial charge in [-0.15, -0.1) is 0 Å². The minimum absolute atomic E-state index is 0.0483. The zero-order valence-corrected chi connectivity index (χ0v) is 10.2. The lowest BCUT2D eigenvalue weighted by molar-refractivity contribution is -0.142. The fourth-order valence-electron chi connectivity index (χ4n) is 1.50. The van der Waals surface area contributed by atoms with E-state index in [4.69, 9.17) is 4.74 Å². The van der Waals surface area contributed by atoms with Crippen molar-refractivity contribution in [1.82, 2.24) is 0 Å². The number of carbonyl (C=O) groups is 1. The molecule has 0 saturated heterocycles. The van der Waals surface area contributed by atoms with Crippen molar-refractivity contribution in [2.45, 2.75) is 25.4 Å². The van der Waals surface area contributed by atoms with E-state index >= 15 is 0 Å². The number of aliphatic hydroxyl groups excluding tert-OH is 1. The molecule has 1 aromatic carbocycles. The Morgan fingerprint density at radius 2 is 1.94 bits per heavy atom. The van der Waals surface area contributed by atoms with Crippen LogP contribution in [0, 0.1) is 0 Å². The molecule has 0 aromatic heterocycles. The first-order valence-corrected chi connectivity index (χ1v) is 5.53. The molecule has 1 atom stereocenters. The van der Waals surface area contributed by atoms with Gasteiger partial charge in [-0.3, -0.25) is 4.79 Å². The Morgan fingerprint density at radius 1 is 1.29 bits per heavy atom. The van der Waals surface area contributed by atoms with Gasteiger partial charge in [0, 0.05) is 0 Å². The van der Waals surface area contributed by atoms with E-state index in [2.05, 4.69) is 4.74 Å². The highest BCUT2D eigenvalue weighted by Gasteiger charge is 2.10. The molecule has 4 heteroatoms. The molecule has 0 heterocycles. The molecule has 0 saturated carbocycles. The lowest BCUT2D eigenvalue weighted by Gasteiger charge is -2.09. The molecule has 0 bridgehead atoms. The molecular weight excluding hydrogens is 220 g/mol. The highest BCUT2D eigenvalue weighted by molar-refractivity contribution is 5.69. The monoisotopic (exact) mass is 238 g/mol. The highest BCUT2D eigenvalue weighted by atomic mass is 16.5. The first kappa shape index (κ1) is 13.5. The number of hydrogen-bond acceptors (Lipinski definition) is 4. The number of ether oxygens (including phenoxy) is 2. The Hall–Kier alpha value is -1.55. The van der Waals surface area contributed by atoms with E-state index in [1.807, 2.05) is 24.3 Å². The van der Waals surface area contributed by atoms with Gasteiger partial charge >= 0.3 is 5.97 Å². The summed E-state index contributed by atoms with van der Waals surface area (Å²) in [5.74, 6) is 0.427. The van der Waals surface area contributed by atoms with Gasteiger partial charge in [-0.1, -0.05) is 12.1 Å². The van der Waals surface area contributed by atoms with Gasteiger partial charge in [0.05, 0.1) is 26.7 Å². The molecule has 0 amide bonds. The number of aryl methyl sites for hydroxylation is 1. The fourth-order valence-corrected chi connectivity index (χ4v) is 1.50. The molecule has 4 nitrogen and oxygen atoms in total. The Balaban J connectivity index is 2.36. The third-order valence-electron chi connectivity index (χ3n) is 2.56. The van der Waals surface area contributed by atoms with Crippen LogP contribution in [0.25, 0.3) is 0 Å². The lowest BCUT2D eigenvalue weighted by Crippen LogP contribution is -2.15. The molecule has 1 aromatic rings. The largest absolute Gasteiger partial charge is 0.497 e. The van der Waals surface area contributed by atoms with E-state index < -0.39 is 6.10 Å². The number of aliphatic hydroxyl groups is 1. The Bertz CT molecular complexity index is 345. The molecule has 1 N–H and O–H groups in total. The second-order valence-corrected chi connectivity index (χ2v) is 3.82. The molecule has 0 unspecified atom stereocenters. The summed E-state index contributed by atoms with van der Waals surface area (Å²) in [5, 5.41) is 9.59. The van der Waals surface area contributed by atoms with Crippen LogP contribution in [-0.2, 0) is 16.0 Å². The van der Waals surface area contributed by atoms with Crippen molar-refractivity contribution in [3.8, 4) is 5.75 Å². The second-order valence-electron chi connectivity index (χ2n) is 3.82. The lowest BCUT2D eigenvalue weighted by atomic mass is 10.1. The van der Waals surface area contributed by atoms with Crippen LogP contribution in [0.4, 0.5) is 0 Å². The van der Waals surface area contributed by atoms with Crippen LogP contribution in [-0.4, -0.2) is 31.4 Å². The van der Waals surface area contributed by atoms with Crippen LogP contribution >= 0.6 is 0 Å². The smallest absolute Gasteiger partial charge is 0.308 e. The van der Waals surface area contributed by atoms with E-state index in [1.165, 1.54) is 7.11 Å². The van der Waals surface area contributed by atoms with E-state index in [1.54, 1.807) is 7.11 Å². The van der Waals surface area contributed by atoms with Crippen molar-refractivity contribution in [2.75, 3.05) is 14.2 Å².